The summed E-state index contributed by atoms with van der Waals surface area (Å²) < 4.78 is 27.0. The first-order valence-electron chi connectivity index (χ1n) is 6.17. The summed E-state index contributed by atoms with van der Waals surface area (Å²) in [7, 11) is -3.85. The van der Waals surface area contributed by atoms with Crippen LogP contribution in [0.4, 0.5) is 0 Å². The maximum atomic E-state index is 11.5. The smallest absolute Gasteiger partial charge is 0.197 e. The van der Waals surface area contributed by atoms with Gasteiger partial charge < -0.3 is 0 Å². The lowest BCUT2D eigenvalue weighted by Crippen LogP contribution is -2.19. The zero-order valence-electron chi connectivity index (χ0n) is 11.4. The molecule has 2 N–H and O–H groups in total. The molecular formula is C15H17NO3S. The highest BCUT2D eigenvalue weighted by Crippen LogP contribution is 2.31. The van der Waals surface area contributed by atoms with Crippen LogP contribution in [0.5, 0.6) is 0 Å². The van der Waals surface area contributed by atoms with Crippen LogP contribution in [-0.2, 0) is 19.8 Å². The summed E-state index contributed by atoms with van der Waals surface area (Å²) >= 11 is 0. The van der Waals surface area contributed by atoms with E-state index >= 15 is 0 Å². The lowest BCUT2D eigenvalue weighted by molar-refractivity contribution is 0.333. The second-order valence-electron chi connectivity index (χ2n) is 5.07. The molecule has 0 amide bonds. The van der Waals surface area contributed by atoms with Crippen molar-refractivity contribution in [2.45, 2.75) is 24.2 Å². The molecule has 20 heavy (non-hydrogen) atoms. The Morgan fingerprint density at radius 2 is 1.40 bits per heavy atom. The first kappa shape index (κ1) is 14.7. The van der Waals surface area contributed by atoms with E-state index in [1.165, 1.54) is 12.1 Å². The van der Waals surface area contributed by atoms with Gasteiger partial charge >= 0.3 is 10.1 Å². The molecule has 106 valence electrons. The average Bonchev–Trinajstić information content (AvgIpc) is 2.48. The third-order valence-corrected chi connectivity index (χ3v) is 4.59. The van der Waals surface area contributed by atoms with Crippen LogP contribution in [-0.4, -0.2) is 8.42 Å². The van der Waals surface area contributed by atoms with Crippen molar-refractivity contribution < 1.29 is 12.7 Å². The Hall–Kier alpha value is -1.69. The lowest BCUT2D eigenvalue weighted by Gasteiger charge is -2.26. The van der Waals surface area contributed by atoms with Gasteiger partial charge in [0.05, 0.1) is 4.90 Å². The molecule has 0 unspecified atom stereocenters. The van der Waals surface area contributed by atoms with E-state index in [1.54, 1.807) is 12.1 Å². The van der Waals surface area contributed by atoms with Gasteiger partial charge in [-0.2, -0.15) is 18.6 Å². The number of rotatable bonds is 4. The molecule has 4 nitrogen and oxygen atoms in total. The molecule has 0 aliphatic heterocycles. The van der Waals surface area contributed by atoms with Crippen LogP contribution in [0.25, 0.3) is 0 Å². The molecule has 0 heterocycles. The summed E-state index contributed by atoms with van der Waals surface area (Å²) in [4.78, 5) is 0.0487. The van der Waals surface area contributed by atoms with Crippen LogP contribution < -0.4 is 5.90 Å². The second kappa shape index (κ2) is 5.36. The van der Waals surface area contributed by atoms with Crippen LogP contribution in [0.2, 0.25) is 0 Å². The Labute approximate surface area is 119 Å². The van der Waals surface area contributed by atoms with Gasteiger partial charge in [0.1, 0.15) is 0 Å². The molecular weight excluding hydrogens is 274 g/mol. The van der Waals surface area contributed by atoms with Crippen molar-refractivity contribution in [2.24, 2.45) is 5.90 Å². The number of nitrogens with two attached hydrogens (primary N) is 1. The van der Waals surface area contributed by atoms with Crippen LogP contribution in [0.15, 0.2) is 59.5 Å². The molecule has 0 saturated carbocycles. The van der Waals surface area contributed by atoms with Crippen LogP contribution in [0.1, 0.15) is 25.0 Å². The molecule has 0 aromatic heterocycles. The van der Waals surface area contributed by atoms with Gasteiger partial charge in [0.25, 0.3) is 0 Å². The fraction of sp³-hybridized carbons (Fsp3) is 0.200. The van der Waals surface area contributed by atoms with Gasteiger partial charge in [-0.05, 0) is 23.3 Å². The van der Waals surface area contributed by atoms with Crippen molar-refractivity contribution in [3.05, 3.63) is 65.7 Å². The number of benzene rings is 2. The van der Waals surface area contributed by atoms with Crippen LogP contribution >= 0.6 is 0 Å². The molecule has 2 aromatic rings. The van der Waals surface area contributed by atoms with Gasteiger partial charge in [-0.25, -0.2) is 0 Å². The van der Waals surface area contributed by atoms with Gasteiger partial charge in [0, 0.05) is 5.41 Å². The minimum atomic E-state index is -3.85. The number of hydrogen-bond donors (Lipinski definition) is 1. The highest BCUT2D eigenvalue weighted by Gasteiger charge is 2.23. The van der Waals surface area contributed by atoms with E-state index in [1.807, 2.05) is 30.3 Å². The van der Waals surface area contributed by atoms with E-state index < -0.39 is 10.1 Å². The summed E-state index contributed by atoms with van der Waals surface area (Å²) in [5.41, 5.74) is 1.96. The summed E-state index contributed by atoms with van der Waals surface area (Å²) in [6.45, 7) is 4.18. The quantitative estimate of drug-likeness (QED) is 0.879. The first-order chi connectivity index (χ1) is 9.38. The fourth-order valence-corrected chi connectivity index (χ4v) is 2.70. The molecule has 0 spiro atoms. The Morgan fingerprint density at radius 1 is 0.900 bits per heavy atom. The summed E-state index contributed by atoms with van der Waals surface area (Å²) in [5.74, 6) is 4.77. The minimum Gasteiger partial charge on any atom is -0.197 e. The highest BCUT2D eigenvalue weighted by molar-refractivity contribution is 7.86. The Morgan fingerprint density at radius 3 is 1.90 bits per heavy atom. The van der Waals surface area contributed by atoms with Gasteiger partial charge in [0.15, 0.2) is 0 Å². The topological polar surface area (TPSA) is 69.4 Å². The summed E-state index contributed by atoms with van der Waals surface area (Å²) in [6.07, 6.45) is 0. The van der Waals surface area contributed by atoms with Gasteiger partial charge in [-0.1, -0.05) is 56.3 Å². The number of hydrogen-bond acceptors (Lipinski definition) is 4. The average molecular weight is 291 g/mol. The molecule has 0 radical (unpaired) electrons. The van der Waals surface area contributed by atoms with E-state index in [0.29, 0.717) is 0 Å². The van der Waals surface area contributed by atoms with Crippen molar-refractivity contribution in [3.63, 3.8) is 0 Å². The van der Waals surface area contributed by atoms with Gasteiger partial charge in [-0.3, -0.25) is 0 Å². The zero-order valence-corrected chi connectivity index (χ0v) is 12.2. The van der Waals surface area contributed by atoms with E-state index in [-0.39, 0.29) is 10.3 Å². The SMILES string of the molecule is CC(C)(c1ccccc1)c1ccc(S(=O)(=O)ON)cc1. The molecule has 0 atom stereocenters. The van der Waals surface area contributed by atoms with Crippen LogP contribution in [0, 0.1) is 0 Å². The molecule has 2 rings (SSSR count). The maximum absolute atomic E-state index is 11.5. The monoisotopic (exact) mass is 291 g/mol. The van der Waals surface area contributed by atoms with Crippen molar-refractivity contribution in [1.29, 1.82) is 0 Å². The molecule has 0 fully saturated rings. The lowest BCUT2D eigenvalue weighted by atomic mass is 9.78. The van der Waals surface area contributed by atoms with Crippen molar-refractivity contribution >= 4 is 10.1 Å². The molecule has 0 aliphatic rings. The predicted octanol–water partition coefficient (Wildman–Crippen LogP) is 2.59. The summed E-state index contributed by atoms with van der Waals surface area (Å²) in [5, 5.41) is 0. The van der Waals surface area contributed by atoms with Crippen molar-refractivity contribution in [1.82, 2.24) is 0 Å². The molecule has 0 saturated heterocycles. The maximum Gasteiger partial charge on any atom is 0.312 e. The molecule has 5 heteroatoms. The first-order valence-corrected chi connectivity index (χ1v) is 7.58. The molecule has 2 aromatic carbocycles. The Kier molecular flexibility index (Phi) is 3.94. The van der Waals surface area contributed by atoms with Crippen molar-refractivity contribution in [3.8, 4) is 0 Å². The van der Waals surface area contributed by atoms with Crippen LogP contribution in [0.3, 0.4) is 0 Å². The molecule has 0 bridgehead atoms. The zero-order chi connectivity index (χ0) is 14.8. The summed E-state index contributed by atoms with van der Waals surface area (Å²) in [6, 6.07) is 16.6. The second-order valence-corrected chi connectivity index (χ2v) is 6.64. The molecule has 0 aliphatic carbocycles. The minimum absolute atomic E-state index is 0.0487. The van der Waals surface area contributed by atoms with E-state index in [4.69, 9.17) is 5.90 Å². The standard InChI is InChI=1S/C15H17NO3S/c1-15(2,12-6-4-3-5-7-12)13-8-10-14(11-9-13)20(17,18)19-16/h3-11H,16H2,1-2H3. The third-order valence-electron chi connectivity index (χ3n) is 3.49. The Balaban J connectivity index is 2.40. The normalized spacial score (nSPS) is 12.3. The van der Waals surface area contributed by atoms with E-state index in [2.05, 4.69) is 18.1 Å². The van der Waals surface area contributed by atoms with Gasteiger partial charge in [0.2, 0.25) is 0 Å². The van der Waals surface area contributed by atoms with E-state index in [9.17, 15) is 8.42 Å². The van der Waals surface area contributed by atoms with E-state index in [0.717, 1.165) is 11.1 Å². The third kappa shape index (κ3) is 2.75. The Bertz CT molecular complexity index is 677. The fourth-order valence-electron chi connectivity index (χ4n) is 2.12. The largest absolute Gasteiger partial charge is 0.312 e. The van der Waals surface area contributed by atoms with Crippen molar-refractivity contribution in [2.75, 3.05) is 0 Å². The highest BCUT2D eigenvalue weighted by atomic mass is 32.2. The predicted molar refractivity (Wildman–Crippen MR) is 77.5 cm³/mol. The van der Waals surface area contributed by atoms with Gasteiger partial charge in [-0.15, -0.1) is 0 Å².